The van der Waals surface area contributed by atoms with E-state index in [0.29, 0.717) is 39.3 Å². The first-order valence-corrected chi connectivity index (χ1v) is 8.43. The molecule has 0 spiro atoms. The topological polar surface area (TPSA) is 76.7 Å². The Balaban J connectivity index is 2.17. The number of rotatable bonds is 7. The van der Waals surface area contributed by atoms with E-state index in [9.17, 15) is 9.59 Å². The van der Waals surface area contributed by atoms with Gasteiger partial charge in [-0.25, -0.2) is 0 Å². The molecule has 0 aliphatic carbocycles. The number of carbonyl (C=O) groups excluding carboxylic acids is 2. The van der Waals surface area contributed by atoms with Gasteiger partial charge in [-0.2, -0.15) is 0 Å². The average molecular weight is 397 g/mol. The molecule has 0 heterocycles. The largest absolute Gasteiger partial charge is 0.495 e. The van der Waals surface area contributed by atoms with Crippen molar-refractivity contribution >= 4 is 46.4 Å². The molecule has 6 nitrogen and oxygen atoms in total. The summed E-state index contributed by atoms with van der Waals surface area (Å²) in [7, 11) is 3.00. The van der Waals surface area contributed by atoms with Crippen LogP contribution in [0.5, 0.6) is 5.75 Å². The van der Waals surface area contributed by atoms with E-state index in [0.717, 1.165) is 0 Å². The summed E-state index contributed by atoms with van der Waals surface area (Å²) in [6.07, 6.45) is 0.194. The third-order valence-electron chi connectivity index (χ3n) is 3.45. The first kappa shape index (κ1) is 20.0. The standard InChI is InChI=1S/C18H18Cl2N2O4/c1-25-8-7-17(23)22-15-9-11(3-6-16(15)26-2)18(24)21-12-4-5-13(19)14(20)10-12/h3-6,9-10H,7-8H2,1-2H3,(H,21,24)(H,22,23). The van der Waals surface area contributed by atoms with Crippen LogP contribution < -0.4 is 15.4 Å². The number of carbonyl (C=O) groups is 2. The molecule has 0 bridgehead atoms. The molecule has 2 rings (SSSR count). The van der Waals surface area contributed by atoms with Crippen LogP contribution in [0, 0.1) is 0 Å². The zero-order valence-corrected chi connectivity index (χ0v) is 15.8. The van der Waals surface area contributed by atoms with E-state index in [4.69, 9.17) is 32.7 Å². The van der Waals surface area contributed by atoms with Gasteiger partial charge in [0.15, 0.2) is 0 Å². The van der Waals surface area contributed by atoms with Crippen LogP contribution in [0.2, 0.25) is 10.0 Å². The second kappa shape index (κ2) is 9.43. The molecule has 0 saturated heterocycles. The van der Waals surface area contributed by atoms with Gasteiger partial charge in [-0.05, 0) is 36.4 Å². The van der Waals surface area contributed by atoms with Crippen LogP contribution in [-0.2, 0) is 9.53 Å². The van der Waals surface area contributed by atoms with Gasteiger partial charge in [-0.1, -0.05) is 23.2 Å². The lowest BCUT2D eigenvalue weighted by molar-refractivity contribution is -0.117. The third kappa shape index (κ3) is 5.36. The van der Waals surface area contributed by atoms with Gasteiger partial charge in [0.2, 0.25) is 5.91 Å². The quantitative estimate of drug-likeness (QED) is 0.733. The fourth-order valence-electron chi connectivity index (χ4n) is 2.13. The van der Waals surface area contributed by atoms with E-state index >= 15 is 0 Å². The smallest absolute Gasteiger partial charge is 0.255 e. The summed E-state index contributed by atoms with van der Waals surface area (Å²) < 4.78 is 10.1. The van der Waals surface area contributed by atoms with Crippen molar-refractivity contribution in [2.75, 3.05) is 31.5 Å². The van der Waals surface area contributed by atoms with E-state index < -0.39 is 0 Å². The van der Waals surface area contributed by atoms with Gasteiger partial charge in [0.1, 0.15) is 5.75 Å². The monoisotopic (exact) mass is 396 g/mol. The Kier molecular flexibility index (Phi) is 7.26. The molecule has 0 unspecified atom stereocenters. The molecule has 2 aromatic carbocycles. The van der Waals surface area contributed by atoms with Gasteiger partial charge in [0, 0.05) is 18.4 Å². The van der Waals surface area contributed by atoms with E-state index in [1.54, 1.807) is 30.3 Å². The maximum absolute atomic E-state index is 12.5. The fourth-order valence-corrected chi connectivity index (χ4v) is 2.43. The Bertz CT molecular complexity index is 812. The Morgan fingerprint density at radius 3 is 2.42 bits per heavy atom. The number of methoxy groups -OCH3 is 2. The van der Waals surface area contributed by atoms with Gasteiger partial charge in [-0.3, -0.25) is 9.59 Å². The van der Waals surface area contributed by atoms with E-state index in [1.807, 2.05) is 0 Å². The Morgan fingerprint density at radius 2 is 1.77 bits per heavy atom. The number of halogens is 2. The zero-order chi connectivity index (χ0) is 19.1. The van der Waals surface area contributed by atoms with Crippen LogP contribution in [0.25, 0.3) is 0 Å². The molecule has 0 aliphatic heterocycles. The van der Waals surface area contributed by atoms with Crippen LogP contribution in [0.4, 0.5) is 11.4 Å². The molecule has 0 radical (unpaired) electrons. The summed E-state index contributed by atoms with van der Waals surface area (Å²) in [4.78, 5) is 24.4. The summed E-state index contributed by atoms with van der Waals surface area (Å²) in [5.41, 5.74) is 1.25. The number of hydrogen-bond acceptors (Lipinski definition) is 4. The highest BCUT2D eigenvalue weighted by atomic mass is 35.5. The molecule has 0 fully saturated rings. The maximum atomic E-state index is 12.5. The molecule has 138 valence electrons. The molecule has 2 N–H and O–H groups in total. The predicted octanol–water partition coefficient (Wildman–Crippen LogP) is 4.23. The lowest BCUT2D eigenvalue weighted by atomic mass is 10.1. The molecule has 26 heavy (non-hydrogen) atoms. The number of anilines is 2. The molecule has 0 aromatic heterocycles. The van der Waals surface area contributed by atoms with Crippen LogP contribution >= 0.6 is 23.2 Å². The number of ether oxygens (including phenoxy) is 2. The maximum Gasteiger partial charge on any atom is 0.255 e. The van der Waals surface area contributed by atoms with Crippen molar-refractivity contribution < 1.29 is 19.1 Å². The number of hydrogen-bond donors (Lipinski definition) is 2. The molecule has 0 aliphatic rings. The normalized spacial score (nSPS) is 10.3. The van der Waals surface area contributed by atoms with Crippen LogP contribution in [-0.4, -0.2) is 32.6 Å². The number of benzene rings is 2. The minimum atomic E-state index is -0.363. The minimum Gasteiger partial charge on any atom is -0.495 e. The molecule has 2 amide bonds. The summed E-state index contributed by atoms with van der Waals surface area (Å²) in [6.45, 7) is 0.297. The highest BCUT2D eigenvalue weighted by Gasteiger charge is 2.13. The van der Waals surface area contributed by atoms with Crippen molar-refractivity contribution in [2.45, 2.75) is 6.42 Å². The highest BCUT2D eigenvalue weighted by molar-refractivity contribution is 6.42. The van der Waals surface area contributed by atoms with Gasteiger partial charge in [0.25, 0.3) is 5.91 Å². The third-order valence-corrected chi connectivity index (χ3v) is 4.19. The number of amides is 2. The summed E-state index contributed by atoms with van der Waals surface area (Å²) >= 11 is 11.8. The zero-order valence-electron chi connectivity index (χ0n) is 14.3. The van der Waals surface area contributed by atoms with Crippen molar-refractivity contribution in [3.8, 4) is 5.75 Å². The Labute approximate surface area is 161 Å². The van der Waals surface area contributed by atoms with Crippen LogP contribution in [0.3, 0.4) is 0 Å². The SMILES string of the molecule is COCCC(=O)Nc1cc(C(=O)Nc2ccc(Cl)c(Cl)c2)ccc1OC. The second-order valence-electron chi connectivity index (χ2n) is 5.29. The van der Waals surface area contributed by atoms with Crippen LogP contribution in [0.1, 0.15) is 16.8 Å². The van der Waals surface area contributed by atoms with E-state index in [1.165, 1.54) is 20.3 Å². The first-order chi connectivity index (χ1) is 12.4. The van der Waals surface area contributed by atoms with Crippen molar-refractivity contribution in [1.29, 1.82) is 0 Å². The van der Waals surface area contributed by atoms with Gasteiger partial charge < -0.3 is 20.1 Å². The average Bonchev–Trinajstić information content (AvgIpc) is 2.63. The van der Waals surface area contributed by atoms with E-state index in [-0.39, 0.29) is 18.2 Å². The first-order valence-electron chi connectivity index (χ1n) is 7.68. The molecule has 2 aromatic rings. The number of nitrogens with one attached hydrogen (secondary N) is 2. The van der Waals surface area contributed by atoms with Gasteiger partial charge in [0.05, 0.1) is 35.9 Å². The van der Waals surface area contributed by atoms with Gasteiger partial charge in [-0.15, -0.1) is 0 Å². The molecular formula is C18H18Cl2N2O4. The lowest BCUT2D eigenvalue weighted by Crippen LogP contribution is -2.16. The van der Waals surface area contributed by atoms with Crippen molar-refractivity contribution in [3.63, 3.8) is 0 Å². The van der Waals surface area contributed by atoms with Crippen molar-refractivity contribution in [3.05, 3.63) is 52.0 Å². The molecule has 0 saturated carbocycles. The Hall–Kier alpha value is -2.28. The highest BCUT2D eigenvalue weighted by Crippen LogP contribution is 2.28. The van der Waals surface area contributed by atoms with Gasteiger partial charge >= 0.3 is 0 Å². The summed E-state index contributed by atoms with van der Waals surface area (Å²) in [5, 5.41) is 6.17. The summed E-state index contributed by atoms with van der Waals surface area (Å²) in [5.74, 6) is -0.160. The molecular weight excluding hydrogens is 379 g/mol. The Morgan fingerprint density at radius 1 is 1.00 bits per heavy atom. The summed E-state index contributed by atoms with van der Waals surface area (Å²) in [6, 6.07) is 9.53. The predicted molar refractivity (Wildman–Crippen MR) is 103 cm³/mol. The fraction of sp³-hybridized carbons (Fsp3) is 0.222. The molecule has 8 heteroatoms. The van der Waals surface area contributed by atoms with Crippen molar-refractivity contribution in [1.82, 2.24) is 0 Å². The molecule has 0 atom stereocenters. The van der Waals surface area contributed by atoms with Crippen molar-refractivity contribution in [2.24, 2.45) is 0 Å². The lowest BCUT2D eigenvalue weighted by Gasteiger charge is -2.12. The van der Waals surface area contributed by atoms with E-state index in [2.05, 4.69) is 10.6 Å². The minimum absolute atomic E-state index is 0.194. The van der Waals surface area contributed by atoms with Crippen LogP contribution in [0.15, 0.2) is 36.4 Å². The second-order valence-corrected chi connectivity index (χ2v) is 6.10.